The van der Waals surface area contributed by atoms with E-state index in [9.17, 15) is 9.90 Å². The standard InChI is InChI=1S/C11H24N2O3/c1-10(2,3)7(8(14)15)12-9(16)13-11(4,5)6/h7,9,12-13,16H,1-6H3,(H,14,15)/t7-,9?/m1/s1. The highest BCUT2D eigenvalue weighted by atomic mass is 16.4. The minimum Gasteiger partial charge on any atom is -0.480 e. The first-order valence-corrected chi connectivity index (χ1v) is 5.38. The molecule has 0 fully saturated rings. The molecule has 0 aromatic carbocycles. The van der Waals surface area contributed by atoms with Crippen molar-refractivity contribution in [1.29, 1.82) is 0 Å². The Bertz CT molecular complexity index is 241. The van der Waals surface area contributed by atoms with Crippen LogP contribution in [0.1, 0.15) is 41.5 Å². The third-order valence-electron chi connectivity index (χ3n) is 2.01. The van der Waals surface area contributed by atoms with Crippen LogP contribution < -0.4 is 10.6 Å². The highest BCUT2D eigenvalue weighted by Gasteiger charge is 2.33. The average molecular weight is 232 g/mol. The second-order valence-electron chi connectivity index (χ2n) is 6.10. The van der Waals surface area contributed by atoms with Gasteiger partial charge in [-0.1, -0.05) is 20.8 Å². The lowest BCUT2D eigenvalue weighted by Crippen LogP contribution is -2.58. The molecule has 0 saturated carbocycles. The SMILES string of the molecule is CC(C)(C)NC(O)N[C@H](C(=O)O)C(C)(C)C. The van der Waals surface area contributed by atoms with Crippen molar-refractivity contribution in [3.63, 3.8) is 0 Å². The molecular formula is C11H24N2O3. The molecule has 1 unspecified atom stereocenters. The summed E-state index contributed by atoms with van der Waals surface area (Å²) in [5, 5.41) is 24.3. The van der Waals surface area contributed by atoms with Gasteiger partial charge in [-0.25, -0.2) is 0 Å². The Balaban J connectivity index is 4.49. The minimum atomic E-state index is -1.04. The van der Waals surface area contributed by atoms with E-state index in [2.05, 4.69) is 10.6 Å². The van der Waals surface area contributed by atoms with Crippen molar-refractivity contribution >= 4 is 5.97 Å². The molecule has 0 saturated heterocycles. The molecule has 4 N–H and O–H groups in total. The molecule has 0 rings (SSSR count). The number of nitrogens with one attached hydrogen (secondary N) is 2. The number of rotatable bonds is 4. The van der Waals surface area contributed by atoms with Crippen LogP contribution in [0, 0.1) is 5.41 Å². The Morgan fingerprint density at radius 3 is 1.81 bits per heavy atom. The van der Waals surface area contributed by atoms with Crippen molar-refractivity contribution in [2.45, 2.75) is 59.5 Å². The maximum absolute atomic E-state index is 11.0. The van der Waals surface area contributed by atoms with Crippen LogP contribution in [0.2, 0.25) is 0 Å². The van der Waals surface area contributed by atoms with E-state index in [4.69, 9.17) is 5.11 Å². The summed E-state index contributed by atoms with van der Waals surface area (Å²) in [7, 11) is 0. The van der Waals surface area contributed by atoms with Gasteiger partial charge in [-0.3, -0.25) is 15.4 Å². The predicted molar refractivity (Wildman–Crippen MR) is 62.9 cm³/mol. The molecule has 0 aromatic heterocycles. The van der Waals surface area contributed by atoms with Crippen LogP contribution >= 0.6 is 0 Å². The first-order chi connectivity index (χ1) is 6.93. The molecule has 0 radical (unpaired) electrons. The molecule has 5 nitrogen and oxygen atoms in total. The lowest BCUT2D eigenvalue weighted by Gasteiger charge is -2.33. The van der Waals surface area contributed by atoms with Crippen molar-refractivity contribution in [2.24, 2.45) is 5.41 Å². The van der Waals surface area contributed by atoms with E-state index in [0.29, 0.717) is 0 Å². The van der Waals surface area contributed by atoms with Crippen LogP contribution in [0.5, 0.6) is 0 Å². The highest BCUT2D eigenvalue weighted by molar-refractivity contribution is 5.74. The molecule has 0 aliphatic heterocycles. The van der Waals surface area contributed by atoms with E-state index in [-0.39, 0.29) is 5.54 Å². The van der Waals surface area contributed by atoms with Crippen molar-refractivity contribution in [3.05, 3.63) is 0 Å². The van der Waals surface area contributed by atoms with Gasteiger partial charge in [0.1, 0.15) is 6.04 Å². The third kappa shape index (κ3) is 6.05. The molecule has 5 heteroatoms. The summed E-state index contributed by atoms with van der Waals surface area (Å²) in [6.07, 6.45) is -1.04. The van der Waals surface area contributed by atoms with E-state index in [0.717, 1.165) is 0 Å². The van der Waals surface area contributed by atoms with Crippen molar-refractivity contribution < 1.29 is 15.0 Å². The summed E-state index contributed by atoms with van der Waals surface area (Å²) in [5.74, 6) is -0.970. The molecule has 0 heterocycles. The van der Waals surface area contributed by atoms with Gasteiger partial charge in [-0.05, 0) is 26.2 Å². The van der Waals surface area contributed by atoms with E-state index >= 15 is 0 Å². The number of hydrogen-bond acceptors (Lipinski definition) is 4. The molecule has 0 aromatic rings. The second-order valence-corrected chi connectivity index (χ2v) is 6.10. The number of aliphatic carboxylic acids is 1. The fraction of sp³-hybridized carbons (Fsp3) is 0.909. The zero-order valence-corrected chi connectivity index (χ0v) is 11.0. The molecule has 0 amide bonds. The van der Waals surface area contributed by atoms with Crippen molar-refractivity contribution in [3.8, 4) is 0 Å². The summed E-state index contributed by atoms with van der Waals surface area (Å²) in [6.45, 7) is 11.1. The third-order valence-corrected chi connectivity index (χ3v) is 2.01. The number of carboxylic acid groups (broad SMARTS) is 1. The maximum Gasteiger partial charge on any atom is 0.321 e. The van der Waals surface area contributed by atoms with E-state index in [1.807, 2.05) is 41.5 Å². The number of hydrogen-bond donors (Lipinski definition) is 4. The molecule has 2 atom stereocenters. The smallest absolute Gasteiger partial charge is 0.321 e. The van der Waals surface area contributed by atoms with Gasteiger partial charge in [0.15, 0.2) is 6.35 Å². The van der Waals surface area contributed by atoms with Crippen LogP contribution in [-0.2, 0) is 4.79 Å². The fourth-order valence-electron chi connectivity index (χ4n) is 1.30. The molecule has 16 heavy (non-hydrogen) atoms. The summed E-state index contributed by atoms with van der Waals surface area (Å²) < 4.78 is 0. The van der Waals surface area contributed by atoms with Gasteiger partial charge in [0.05, 0.1) is 0 Å². The highest BCUT2D eigenvalue weighted by Crippen LogP contribution is 2.19. The monoisotopic (exact) mass is 232 g/mol. The fourth-order valence-corrected chi connectivity index (χ4v) is 1.30. The Kier molecular flexibility index (Phi) is 4.91. The van der Waals surface area contributed by atoms with Crippen LogP contribution in [-0.4, -0.2) is 34.1 Å². The number of aliphatic hydroxyl groups is 1. The minimum absolute atomic E-state index is 0.284. The van der Waals surface area contributed by atoms with Gasteiger partial charge in [-0.2, -0.15) is 0 Å². The average Bonchev–Trinajstić information content (AvgIpc) is 1.93. The lowest BCUT2D eigenvalue weighted by atomic mass is 9.87. The van der Waals surface area contributed by atoms with E-state index in [1.165, 1.54) is 0 Å². The molecule has 96 valence electrons. The zero-order chi connectivity index (χ0) is 13.1. The number of carbonyl (C=O) groups is 1. The quantitative estimate of drug-likeness (QED) is 0.537. The first kappa shape index (κ1) is 15.3. The normalized spacial score (nSPS) is 16.9. The van der Waals surface area contributed by atoms with Gasteiger partial charge >= 0.3 is 5.97 Å². The largest absolute Gasteiger partial charge is 0.480 e. The van der Waals surface area contributed by atoms with Crippen LogP contribution in [0.15, 0.2) is 0 Å². The van der Waals surface area contributed by atoms with Crippen molar-refractivity contribution in [2.75, 3.05) is 0 Å². The number of aliphatic hydroxyl groups excluding tert-OH is 1. The summed E-state index contributed by atoms with van der Waals surface area (Å²) in [6, 6.07) is -0.808. The first-order valence-electron chi connectivity index (χ1n) is 5.38. The Hall–Kier alpha value is -0.650. The summed E-state index contributed by atoms with van der Waals surface area (Å²) in [5.41, 5.74) is -0.750. The van der Waals surface area contributed by atoms with Crippen LogP contribution in [0.25, 0.3) is 0 Å². The molecule has 0 bridgehead atoms. The molecule has 0 spiro atoms. The Morgan fingerprint density at radius 2 is 1.56 bits per heavy atom. The van der Waals surface area contributed by atoms with E-state index in [1.54, 1.807) is 0 Å². The summed E-state index contributed by atoms with van der Waals surface area (Å²) in [4.78, 5) is 11.0. The molecule has 0 aliphatic rings. The van der Waals surface area contributed by atoms with Crippen LogP contribution in [0.4, 0.5) is 0 Å². The lowest BCUT2D eigenvalue weighted by molar-refractivity contribution is -0.144. The van der Waals surface area contributed by atoms with Gasteiger partial charge in [0, 0.05) is 5.54 Å². The second kappa shape index (κ2) is 5.12. The van der Waals surface area contributed by atoms with Gasteiger partial charge in [0.2, 0.25) is 0 Å². The topological polar surface area (TPSA) is 81.6 Å². The van der Waals surface area contributed by atoms with Gasteiger partial charge in [-0.15, -0.1) is 0 Å². The number of carboxylic acids is 1. The van der Waals surface area contributed by atoms with Crippen LogP contribution in [0.3, 0.4) is 0 Å². The zero-order valence-electron chi connectivity index (χ0n) is 11.0. The Morgan fingerprint density at radius 1 is 1.12 bits per heavy atom. The van der Waals surface area contributed by atoms with E-state index < -0.39 is 23.8 Å². The van der Waals surface area contributed by atoms with Gasteiger partial charge in [0.25, 0.3) is 0 Å². The summed E-state index contributed by atoms with van der Waals surface area (Å²) >= 11 is 0. The predicted octanol–water partition coefficient (Wildman–Crippen LogP) is 0.739. The molecular weight excluding hydrogens is 208 g/mol. The van der Waals surface area contributed by atoms with Gasteiger partial charge < -0.3 is 10.2 Å². The van der Waals surface area contributed by atoms with Crippen molar-refractivity contribution in [1.82, 2.24) is 10.6 Å². The Labute approximate surface area is 97.2 Å². The maximum atomic E-state index is 11.0. The molecule has 0 aliphatic carbocycles.